The topological polar surface area (TPSA) is 15.3 Å². The van der Waals surface area contributed by atoms with Gasteiger partial charge in [0.05, 0.1) is 0 Å². The van der Waals surface area contributed by atoms with Crippen LogP contribution in [0.2, 0.25) is 0 Å². The van der Waals surface area contributed by atoms with Crippen molar-refractivity contribution in [2.45, 2.75) is 60.8 Å². The Morgan fingerprint density at radius 2 is 2.10 bits per heavy atom. The third-order valence-corrected chi connectivity index (χ3v) is 6.68. The molecule has 0 aromatic heterocycles. The van der Waals surface area contributed by atoms with Gasteiger partial charge in [0.2, 0.25) is 0 Å². The summed E-state index contributed by atoms with van der Waals surface area (Å²) in [6.45, 7) is 3.83. The highest BCUT2D eigenvalue weighted by molar-refractivity contribution is 8.00. The predicted molar refractivity (Wildman–Crippen MR) is 90.0 cm³/mol. The van der Waals surface area contributed by atoms with E-state index in [4.69, 9.17) is 0 Å². The van der Waals surface area contributed by atoms with Crippen LogP contribution in [0.4, 0.5) is 0 Å². The van der Waals surface area contributed by atoms with Crippen LogP contribution >= 0.6 is 11.8 Å². The summed E-state index contributed by atoms with van der Waals surface area (Å²) in [7, 11) is 0. The Morgan fingerprint density at radius 1 is 1.14 bits per heavy atom. The van der Waals surface area contributed by atoms with E-state index in [1.165, 1.54) is 63.1 Å². The number of piperidine rings is 1. The molecule has 1 aromatic carbocycles. The van der Waals surface area contributed by atoms with E-state index >= 15 is 0 Å². The third-order valence-electron chi connectivity index (χ3n) is 5.38. The maximum Gasteiger partial charge on any atom is 0.0263 e. The van der Waals surface area contributed by atoms with E-state index in [0.717, 1.165) is 17.3 Å². The minimum atomic E-state index is 0.763. The van der Waals surface area contributed by atoms with Gasteiger partial charge in [0, 0.05) is 28.8 Å². The van der Waals surface area contributed by atoms with Crippen LogP contribution in [0.5, 0.6) is 0 Å². The quantitative estimate of drug-likeness (QED) is 0.922. The van der Waals surface area contributed by atoms with E-state index in [2.05, 4.69) is 46.2 Å². The Labute approximate surface area is 132 Å². The molecule has 3 aliphatic rings. The lowest BCUT2D eigenvalue weighted by Gasteiger charge is -2.40. The number of rotatable bonds is 3. The number of nitrogens with zero attached hydrogens (tertiary/aromatic N) is 1. The lowest BCUT2D eigenvalue weighted by atomic mass is 9.94. The fourth-order valence-corrected chi connectivity index (χ4v) is 5.70. The molecule has 21 heavy (non-hydrogen) atoms. The van der Waals surface area contributed by atoms with Crippen LogP contribution in [0.3, 0.4) is 0 Å². The molecule has 114 valence electrons. The van der Waals surface area contributed by atoms with Gasteiger partial charge in [0.1, 0.15) is 0 Å². The van der Waals surface area contributed by atoms with Crippen molar-refractivity contribution in [3.8, 4) is 0 Å². The van der Waals surface area contributed by atoms with Gasteiger partial charge in [0.25, 0.3) is 0 Å². The highest BCUT2D eigenvalue weighted by Crippen LogP contribution is 2.38. The van der Waals surface area contributed by atoms with Gasteiger partial charge in [-0.2, -0.15) is 0 Å². The third kappa shape index (κ3) is 3.01. The molecule has 2 saturated heterocycles. The Bertz CT molecular complexity index is 459. The Balaban J connectivity index is 1.41. The van der Waals surface area contributed by atoms with Crippen molar-refractivity contribution < 1.29 is 0 Å². The zero-order valence-corrected chi connectivity index (χ0v) is 13.6. The molecule has 1 aromatic rings. The first-order valence-corrected chi connectivity index (χ1v) is 9.50. The number of fused-ring (bicyclic) bond motifs is 1. The van der Waals surface area contributed by atoms with Gasteiger partial charge in [-0.3, -0.25) is 4.90 Å². The zero-order chi connectivity index (χ0) is 14.1. The normalized spacial score (nSPS) is 33.2. The Morgan fingerprint density at radius 3 is 2.95 bits per heavy atom. The van der Waals surface area contributed by atoms with Crippen molar-refractivity contribution in [2.24, 2.45) is 0 Å². The van der Waals surface area contributed by atoms with E-state index in [-0.39, 0.29) is 0 Å². The number of hydrogen-bond acceptors (Lipinski definition) is 3. The summed E-state index contributed by atoms with van der Waals surface area (Å²) < 4.78 is 0. The molecule has 3 aliphatic heterocycles. The van der Waals surface area contributed by atoms with Crippen LogP contribution in [-0.4, -0.2) is 41.9 Å². The summed E-state index contributed by atoms with van der Waals surface area (Å²) in [4.78, 5) is 4.34. The summed E-state index contributed by atoms with van der Waals surface area (Å²) in [6, 6.07) is 10.5. The second-order valence-corrected chi connectivity index (χ2v) is 8.15. The summed E-state index contributed by atoms with van der Waals surface area (Å²) >= 11 is 2.11. The first-order chi connectivity index (χ1) is 10.4. The highest BCUT2D eigenvalue weighted by Gasteiger charge is 2.34. The maximum absolute atomic E-state index is 3.75. The monoisotopic (exact) mass is 302 g/mol. The summed E-state index contributed by atoms with van der Waals surface area (Å²) in [5.41, 5.74) is 1.57. The van der Waals surface area contributed by atoms with Crippen LogP contribution in [-0.2, 0) is 6.42 Å². The minimum absolute atomic E-state index is 0.763. The molecular formula is C18H26N2S. The van der Waals surface area contributed by atoms with Crippen LogP contribution in [0.1, 0.15) is 37.7 Å². The molecule has 2 nitrogen and oxygen atoms in total. The van der Waals surface area contributed by atoms with Gasteiger partial charge in [-0.15, -0.1) is 11.8 Å². The summed E-state index contributed by atoms with van der Waals surface area (Å²) in [5, 5.41) is 4.52. The van der Waals surface area contributed by atoms with Crippen molar-refractivity contribution in [1.82, 2.24) is 10.2 Å². The molecule has 2 fully saturated rings. The first-order valence-electron chi connectivity index (χ1n) is 8.62. The molecule has 3 heteroatoms. The number of hydrogen-bond donors (Lipinski definition) is 1. The zero-order valence-electron chi connectivity index (χ0n) is 12.8. The fourth-order valence-electron chi connectivity index (χ4n) is 4.36. The highest BCUT2D eigenvalue weighted by atomic mass is 32.2. The molecule has 0 aliphatic carbocycles. The van der Waals surface area contributed by atoms with E-state index in [1.54, 1.807) is 5.56 Å². The molecule has 0 radical (unpaired) electrons. The van der Waals surface area contributed by atoms with E-state index < -0.39 is 0 Å². The van der Waals surface area contributed by atoms with Crippen LogP contribution in [0.15, 0.2) is 29.2 Å². The molecule has 0 bridgehead atoms. The molecule has 3 heterocycles. The first kappa shape index (κ1) is 14.1. The van der Waals surface area contributed by atoms with Gasteiger partial charge < -0.3 is 5.32 Å². The standard InChI is InChI=1S/C18H26N2S/c1-2-9-18-14(6-1)12-15(21-18)13-20-11-4-3-8-17(20)16-7-5-10-19-16/h1-2,6,9,15-17,19H,3-5,7-8,10-13H2. The van der Waals surface area contributed by atoms with Gasteiger partial charge >= 0.3 is 0 Å². The van der Waals surface area contributed by atoms with E-state index in [0.29, 0.717) is 0 Å². The average molecular weight is 302 g/mol. The number of likely N-dealkylation sites (tertiary alicyclic amines) is 1. The van der Waals surface area contributed by atoms with Gasteiger partial charge in [-0.1, -0.05) is 24.6 Å². The molecular weight excluding hydrogens is 276 g/mol. The Hall–Kier alpha value is -0.510. The summed E-state index contributed by atoms with van der Waals surface area (Å²) in [5.74, 6) is 0. The lowest BCUT2D eigenvalue weighted by molar-refractivity contribution is 0.121. The van der Waals surface area contributed by atoms with Gasteiger partial charge in [0.15, 0.2) is 0 Å². The van der Waals surface area contributed by atoms with Crippen molar-refractivity contribution in [2.75, 3.05) is 19.6 Å². The smallest absolute Gasteiger partial charge is 0.0263 e. The van der Waals surface area contributed by atoms with Crippen molar-refractivity contribution in [3.05, 3.63) is 29.8 Å². The lowest BCUT2D eigenvalue weighted by Crippen LogP contribution is -2.51. The Kier molecular flexibility index (Phi) is 4.24. The van der Waals surface area contributed by atoms with Gasteiger partial charge in [-0.25, -0.2) is 0 Å². The van der Waals surface area contributed by atoms with Crippen LogP contribution < -0.4 is 5.32 Å². The summed E-state index contributed by atoms with van der Waals surface area (Å²) in [6.07, 6.45) is 8.26. The molecule has 0 amide bonds. The van der Waals surface area contributed by atoms with Crippen LogP contribution in [0.25, 0.3) is 0 Å². The predicted octanol–water partition coefficient (Wildman–Crippen LogP) is 3.31. The molecule has 1 N–H and O–H groups in total. The molecule has 3 unspecified atom stereocenters. The van der Waals surface area contributed by atoms with E-state index in [9.17, 15) is 0 Å². The van der Waals surface area contributed by atoms with Crippen molar-refractivity contribution >= 4 is 11.8 Å². The second-order valence-electron chi connectivity index (χ2n) is 6.81. The molecule has 0 spiro atoms. The largest absolute Gasteiger partial charge is 0.312 e. The average Bonchev–Trinajstić information content (AvgIpc) is 3.16. The molecule has 3 atom stereocenters. The number of nitrogens with one attached hydrogen (secondary N) is 1. The maximum atomic E-state index is 3.75. The van der Waals surface area contributed by atoms with E-state index in [1.807, 2.05) is 0 Å². The molecule has 0 saturated carbocycles. The van der Waals surface area contributed by atoms with Crippen LogP contribution in [0, 0.1) is 0 Å². The SMILES string of the molecule is c1ccc2c(c1)CC(CN1CCCCC1C1CCCN1)S2. The fraction of sp³-hybridized carbons (Fsp3) is 0.667. The van der Waals surface area contributed by atoms with Crippen molar-refractivity contribution in [1.29, 1.82) is 0 Å². The van der Waals surface area contributed by atoms with Crippen molar-refractivity contribution in [3.63, 3.8) is 0 Å². The number of benzene rings is 1. The van der Waals surface area contributed by atoms with Gasteiger partial charge in [-0.05, 0) is 56.8 Å². The molecule has 4 rings (SSSR count). The second kappa shape index (κ2) is 6.31. The minimum Gasteiger partial charge on any atom is -0.312 e. The number of thioether (sulfide) groups is 1.